The number of nitrogens with one attached hydrogen (secondary N) is 2. The molecule has 0 aromatic carbocycles. The first-order valence-electron chi connectivity index (χ1n) is 5.68. The van der Waals surface area contributed by atoms with Gasteiger partial charge in [0, 0.05) is 30.6 Å². The Bertz CT molecular complexity index is 335. The van der Waals surface area contributed by atoms with Crippen molar-refractivity contribution in [2.24, 2.45) is 0 Å². The Morgan fingerprint density at radius 3 is 3.12 bits per heavy atom. The highest BCUT2D eigenvalue weighted by Gasteiger charge is 2.22. The molecule has 1 aliphatic rings. The molecule has 1 atom stereocenters. The van der Waals surface area contributed by atoms with E-state index in [1.807, 2.05) is 5.38 Å². The molecule has 0 aliphatic heterocycles. The van der Waals surface area contributed by atoms with E-state index in [9.17, 15) is 4.79 Å². The quantitative estimate of drug-likeness (QED) is 0.790. The van der Waals surface area contributed by atoms with Crippen LogP contribution in [0.15, 0.2) is 11.6 Å². The fraction of sp³-hybridized carbons (Fsp3) is 0.636. The van der Waals surface area contributed by atoms with Gasteiger partial charge in [-0.1, -0.05) is 0 Å². The smallest absolute Gasteiger partial charge is 0.221 e. The van der Waals surface area contributed by atoms with Gasteiger partial charge in [-0.25, -0.2) is 4.98 Å². The number of aromatic nitrogens is 1. The van der Waals surface area contributed by atoms with E-state index in [0.717, 1.165) is 17.8 Å². The molecule has 5 heteroatoms. The molecule has 88 valence electrons. The average Bonchev–Trinajstić information content (AvgIpc) is 2.90. The van der Waals surface area contributed by atoms with Crippen molar-refractivity contribution in [1.29, 1.82) is 0 Å². The zero-order chi connectivity index (χ0) is 11.4. The lowest BCUT2D eigenvalue weighted by Gasteiger charge is -2.10. The lowest BCUT2D eigenvalue weighted by Crippen LogP contribution is -2.30. The molecule has 1 heterocycles. The first-order valence-corrected chi connectivity index (χ1v) is 6.56. The molecule has 1 aromatic heterocycles. The molecule has 0 bridgehead atoms. The highest BCUT2D eigenvalue weighted by molar-refractivity contribution is 7.09. The van der Waals surface area contributed by atoms with Gasteiger partial charge in [0.25, 0.3) is 0 Å². The van der Waals surface area contributed by atoms with Gasteiger partial charge in [-0.15, -0.1) is 11.3 Å². The minimum atomic E-state index is 0.154. The van der Waals surface area contributed by atoms with Crippen LogP contribution in [0.3, 0.4) is 0 Å². The third-order valence-corrected chi connectivity index (χ3v) is 3.53. The Hall–Kier alpha value is -0.940. The first kappa shape index (κ1) is 11.5. The van der Waals surface area contributed by atoms with Gasteiger partial charge < -0.3 is 10.6 Å². The van der Waals surface area contributed by atoms with E-state index < -0.39 is 0 Å². The number of carbonyl (C=O) groups excluding carboxylic acids is 1. The molecule has 16 heavy (non-hydrogen) atoms. The Kier molecular flexibility index (Phi) is 3.90. The zero-order valence-corrected chi connectivity index (χ0v) is 10.2. The number of nitrogens with zero attached hydrogens (tertiary/aromatic N) is 1. The monoisotopic (exact) mass is 239 g/mol. The molecule has 2 rings (SSSR count). The summed E-state index contributed by atoms with van der Waals surface area (Å²) in [6, 6.07) is 0.692. The van der Waals surface area contributed by atoms with Crippen LogP contribution in [0.5, 0.6) is 0 Å². The second-order valence-corrected chi connectivity index (χ2v) is 5.06. The van der Waals surface area contributed by atoms with Crippen molar-refractivity contribution in [3.05, 3.63) is 16.6 Å². The minimum absolute atomic E-state index is 0.154. The van der Waals surface area contributed by atoms with Gasteiger partial charge in [-0.05, 0) is 19.8 Å². The molecule has 1 fully saturated rings. The summed E-state index contributed by atoms with van der Waals surface area (Å²) < 4.78 is 0. The Morgan fingerprint density at radius 1 is 1.69 bits per heavy atom. The van der Waals surface area contributed by atoms with Crippen LogP contribution in [0, 0.1) is 0 Å². The molecule has 1 aromatic rings. The maximum atomic E-state index is 11.4. The lowest BCUT2D eigenvalue weighted by molar-refractivity contribution is -0.121. The van der Waals surface area contributed by atoms with Gasteiger partial charge in [0.05, 0.1) is 6.04 Å². The molecule has 0 saturated heterocycles. The topological polar surface area (TPSA) is 54.0 Å². The lowest BCUT2D eigenvalue weighted by atomic mass is 10.3. The van der Waals surface area contributed by atoms with Crippen LogP contribution in [0.25, 0.3) is 0 Å². The summed E-state index contributed by atoms with van der Waals surface area (Å²) in [5.41, 5.74) is 0. The van der Waals surface area contributed by atoms with Crippen LogP contribution >= 0.6 is 11.3 Å². The highest BCUT2D eigenvalue weighted by Crippen LogP contribution is 2.18. The van der Waals surface area contributed by atoms with Gasteiger partial charge in [-0.2, -0.15) is 0 Å². The number of hydrogen-bond donors (Lipinski definition) is 2. The van der Waals surface area contributed by atoms with E-state index in [0.29, 0.717) is 19.0 Å². The van der Waals surface area contributed by atoms with Crippen molar-refractivity contribution in [3.63, 3.8) is 0 Å². The number of amides is 1. The summed E-state index contributed by atoms with van der Waals surface area (Å²) in [7, 11) is 0. The van der Waals surface area contributed by atoms with Gasteiger partial charge in [0.15, 0.2) is 0 Å². The standard InChI is InChI=1S/C11H17N3OS/c1-8(11-13-6-7-16-11)12-5-4-10(15)14-9-2-3-9/h6-9,12H,2-5H2,1H3,(H,14,15). The number of hydrogen-bond acceptors (Lipinski definition) is 4. The molecule has 1 unspecified atom stereocenters. The molecular formula is C11H17N3OS. The van der Waals surface area contributed by atoms with Crippen LogP contribution in [0.2, 0.25) is 0 Å². The first-order chi connectivity index (χ1) is 7.75. The summed E-state index contributed by atoms with van der Waals surface area (Å²) in [5, 5.41) is 9.30. The normalized spacial score (nSPS) is 17.1. The molecule has 1 aliphatic carbocycles. The summed E-state index contributed by atoms with van der Waals surface area (Å²) >= 11 is 1.64. The average molecular weight is 239 g/mol. The number of thiazole rings is 1. The van der Waals surface area contributed by atoms with E-state index in [1.165, 1.54) is 0 Å². The van der Waals surface area contributed by atoms with Crippen LogP contribution in [-0.2, 0) is 4.79 Å². The van der Waals surface area contributed by atoms with Crippen molar-refractivity contribution in [2.75, 3.05) is 6.54 Å². The fourth-order valence-electron chi connectivity index (χ4n) is 1.47. The fourth-order valence-corrected chi connectivity index (χ4v) is 2.14. The summed E-state index contributed by atoms with van der Waals surface area (Å²) in [4.78, 5) is 15.6. The van der Waals surface area contributed by atoms with Crippen LogP contribution in [-0.4, -0.2) is 23.5 Å². The van der Waals surface area contributed by atoms with Crippen LogP contribution in [0.1, 0.15) is 37.2 Å². The molecule has 1 amide bonds. The number of rotatable bonds is 6. The van der Waals surface area contributed by atoms with Crippen molar-refractivity contribution in [3.8, 4) is 0 Å². The molecular weight excluding hydrogens is 222 g/mol. The summed E-state index contributed by atoms with van der Waals surface area (Å²) in [6.45, 7) is 2.77. The van der Waals surface area contributed by atoms with Crippen molar-refractivity contribution >= 4 is 17.2 Å². The van der Waals surface area contributed by atoms with Crippen molar-refractivity contribution in [1.82, 2.24) is 15.6 Å². The van der Waals surface area contributed by atoms with Crippen molar-refractivity contribution < 1.29 is 4.79 Å². The summed E-state index contributed by atoms with van der Waals surface area (Å²) in [6.07, 6.45) is 4.65. The Labute approximate surface area is 99.5 Å². The second-order valence-electron chi connectivity index (χ2n) is 4.14. The summed E-state index contributed by atoms with van der Waals surface area (Å²) in [5.74, 6) is 0.154. The zero-order valence-electron chi connectivity index (χ0n) is 9.40. The van der Waals surface area contributed by atoms with Crippen molar-refractivity contribution in [2.45, 2.75) is 38.3 Å². The van der Waals surface area contributed by atoms with Gasteiger partial charge in [0.1, 0.15) is 5.01 Å². The predicted molar refractivity (Wildman–Crippen MR) is 64.3 cm³/mol. The molecule has 1 saturated carbocycles. The molecule has 0 spiro atoms. The second kappa shape index (κ2) is 5.41. The molecule has 4 nitrogen and oxygen atoms in total. The van der Waals surface area contributed by atoms with E-state index in [-0.39, 0.29) is 11.9 Å². The van der Waals surface area contributed by atoms with Gasteiger partial charge in [0.2, 0.25) is 5.91 Å². The maximum Gasteiger partial charge on any atom is 0.221 e. The largest absolute Gasteiger partial charge is 0.353 e. The van der Waals surface area contributed by atoms with E-state index in [4.69, 9.17) is 0 Å². The van der Waals surface area contributed by atoms with Crippen LogP contribution < -0.4 is 10.6 Å². The SMILES string of the molecule is CC(NCCC(=O)NC1CC1)c1nccs1. The Balaban J connectivity index is 1.61. The van der Waals surface area contributed by atoms with E-state index in [1.54, 1.807) is 17.5 Å². The predicted octanol–water partition coefficient (Wildman–Crippen LogP) is 1.46. The maximum absolute atomic E-state index is 11.4. The highest BCUT2D eigenvalue weighted by atomic mass is 32.1. The van der Waals surface area contributed by atoms with Gasteiger partial charge in [-0.3, -0.25) is 4.79 Å². The third kappa shape index (κ3) is 3.57. The van der Waals surface area contributed by atoms with E-state index in [2.05, 4.69) is 22.5 Å². The number of carbonyl (C=O) groups is 1. The minimum Gasteiger partial charge on any atom is -0.353 e. The molecule has 2 N–H and O–H groups in total. The van der Waals surface area contributed by atoms with Gasteiger partial charge >= 0.3 is 0 Å². The third-order valence-electron chi connectivity index (χ3n) is 2.57. The Morgan fingerprint density at radius 2 is 2.50 bits per heavy atom. The van der Waals surface area contributed by atoms with E-state index >= 15 is 0 Å². The molecule has 0 radical (unpaired) electrons. The van der Waals surface area contributed by atoms with Crippen LogP contribution in [0.4, 0.5) is 0 Å².